The highest BCUT2D eigenvalue weighted by Crippen LogP contribution is 2.34. The Kier molecular flexibility index (Phi) is 2.84. The Labute approximate surface area is 114 Å². The van der Waals surface area contributed by atoms with E-state index in [0.717, 1.165) is 16.0 Å². The van der Waals surface area contributed by atoms with Crippen molar-refractivity contribution in [3.8, 4) is 10.4 Å². The minimum absolute atomic E-state index is 0.389. The van der Waals surface area contributed by atoms with E-state index in [2.05, 4.69) is 24.3 Å². The third-order valence-corrected chi connectivity index (χ3v) is 4.41. The number of carboxylic acid groups (broad SMARTS) is 1. The molecule has 1 aromatic heterocycles. The fourth-order valence-electron chi connectivity index (χ4n) is 2.20. The smallest absolute Gasteiger partial charge is 0.345 e. The van der Waals surface area contributed by atoms with Crippen LogP contribution >= 0.6 is 11.3 Å². The highest BCUT2D eigenvalue weighted by molar-refractivity contribution is 7.17. The highest BCUT2D eigenvalue weighted by atomic mass is 32.1. The number of rotatable bonds is 2. The Morgan fingerprint density at radius 2 is 1.79 bits per heavy atom. The molecule has 0 spiro atoms. The topological polar surface area (TPSA) is 37.3 Å². The van der Waals surface area contributed by atoms with Gasteiger partial charge in [0.15, 0.2) is 0 Å². The van der Waals surface area contributed by atoms with Crippen LogP contribution in [0.3, 0.4) is 0 Å². The van der Waals surface area contributed by atoms with Gasteiger partial charge in [-0.15, -0.1) is 11.3 Å². The standard InChI is InChI=1S/C16H12O2S/c1-10-8-14(16(17)18)19-15(10)13-7-6-11-4-2-3-5-12(11)9-13/h2-9H,1H3,(H,17,18). The number of hydrogen-bond acceptors (Lipinski definition) is 2. The summed E-state index contributed by atoms with van der Waals surface area (Å²) >= 11 is 1.33. The maximum absolute atomic E-state index is 11.0. The second-order valence-electron chi connectivity index (χ2n) is 4.49. The number of aromatic carboxylic acids is 1. The van der Waals surface area contributed by atoms with Crippen molar-refractivity contribution in [2.45, 2.75) is 6.92 Å². The number of hydrogen-bond donors (Lipinski definition) is 1. The summed E-state index contributed by atoms with van der Waals surface area (Å²) < 4.78 is 0. The van der Waals surface area contributed by atoms with Crippen molar-refractivity contribution < 1.29 is 9.90 Å². The molecule has 2 nitrogen and oxygen atoms in total. The average molecular weight is 268 g/mol. The van der Waals surface area contributed by atoms with Gasteiger partial charge in [-0.25, -0.2) is 4.79 Å². The summed E-state index contributed by atoms with van der Waals surface area (Å²) in [4.78, 5) is 12.4. The summed E-state index contributed by atoms with van der Waals surface area (Å²) in [5.74, 6) is -0.861. The molecule has 0 unspecified atom stereocenters. The van der Waals surface area contributed by atoms with Gasteiger partial charge in [0.2, 0.25) is 0 Å². The van der Waals surface area contributed by atoms with Crippen molar-refractivity contribution >= 4 is 28.1 Å². The van der Waals surface area contributed by atoms with Gasteiger partial charge in [0, 0.05) is 4.88 Å². The van der Waals surface area contributed by atoms with E-state index in [-0.39, 0.29) is 0 Å². The SMILES string of the molecule is Cc1cc(C(=O)O)sc1-c1ccc2ccccc2c1. The van der Waals surface area contributed by atoms with Crippen LogP contribution in [0, 0.1) is 6.92 Å². The third-order valence-electron chi connectivity index (χ3n) is 3.14. The summed E-state index contributed by atoms with van der Waals surface area (Å²) in [5.41, 5.74) is 2.09. The van der Waals surface area contributed by atoms with Crippen LogP contribution in [0.1, 0.15) is 15.2 Å². The van der Waals surface area contributed by atoms with Gasteiger partial charge in [-0.05, 0) is 41.0 Å². The maximum Gasteiger partial charge on any atom is 0.345 e. The van der Waals surface area contributed by atoms with E-state index in [9.17, 15) is 4.79 Å². The molecule has 0 radical (unpaired) electrons. The first-order valence-electron chi connectivity index (χ1n) is 5.98. The lowest BCUT2D eigenvalue weighted by molar-refractivity contribution is 0.0702. The molecule has 0 aliphatic carbocycles. The van der Waals surface area contributed by atoms with Gasteiger partial charge in [0.05, 0.1) is 0 Å². The van der Waals surface area contributed by atoms with Crippen molar-refractivity contribution in [3.63, 3.8) is 0 Å². The molecule has 1 heterocycles. The Hall–Kier alpha value is -2.13. The van der Waals surface area contributed by atoms with E-state index in [1.807, 2.05) is 25.1 Å². The third kappa shape index (κ3) is 2.13. The second-order valence-corrected chi connectivity index (χ2v) is 5.54. The van der Waals surface area contributed by atoms with Gasteiger partial charge in [0.25, 0.3) is 0 Å². The van der Waals surface area contributed by atoms with E-state index in [1.54, 1.807) is 6.07 Å². The summed E-state index contributed by atoms with van der Waals surface area (Å²) in [5, 5.41) is 11.4. The minimum atomic E-state index is -0.861. The lowest BCUT2D eigenvalue weighted by atomic mass is 10.0. The van der Waals surface area contributed by atoms with Gasteiger partial charge in [-0.3, -0.25) is 0 Å². The molecule has 94 valence electrons. The first-order valence-corrected chi connectivity index (χ1v) is 6.80. The number of thiophene rings is 1. The summed E-state index contributed by atoms with van der Waals surface area (Å²) in [6.07, 6.45) is 0. The van der Waals surface area contributed by atoms with Crippen LogP contribution < -0.4 is 0 Å². The molecule has 3 aromatic rings. The van der Waals surface area contributed by atoms with E-state index in [0.29, 0.717) is 4.88 Å². The van der Waals surface area contributed by atoms with Gasteiger partial charge >= 0.3 is 5.97 Å². The first kappa shape index (κ1) is 11.9. The molecule has 3 rings (SSSR count). The molecule has 0 amide bonds. The predicted octanol–water partition coefficient (Wildman–Crippen LogP) is 4.57. The Morgan fingerprint density at radius 1 is 1.05 bits per heavy atom. The van der Waals surface area contributed by atoms with Crippen LogP contribution in [-0.4, -0.2) is 11.1 Å². The van der Waals surface area contributed by atoms with Crippen molar-refractivity contribution in [2.24, 2.45) is 0 Å². The molecule has 0 aliphatic rings. The largest absolute Gasteiger partial charge is 0.477 e. The van der Waals surface area contributed by atoms with Gasteiger partial charge in [-0.2, -0.15) is 0 Å². The van der Waals surface area contributed by atoms with E-state index < -0.39 is 5.97 Å². The van der Waals surface area contributed by atoms with Crippen LogP contribution in [0.5, 0.6) is 0 Å². The first-order chi connectivity index (χ1) is 9.15. The van der Waals surface area contributed by atoms with Crippen molar-refractivity contribution in [1.82, 2.24) is 0 Å². The Balaban J connectivity index is 2.16. The zero-order valence-electron chi connectivity index (χ0n) is 10.4. The molecule has 0 bridgehead atoms. The zero-order valence-corrected chi connectivity index (χ0v) is 11.2. The molecule has 0 fully saturated rings. The summed E-state index contributed by atoms with van der Waals surface area (Å²) in [6.45, 7) is 1.95. The van der Waals surface area contributed by atoms with Crippen LogP contribution in [-0.2, 0) is 0 Å². The Bertz CT molecular complexity index is 771. The summed E-state index contributed by atoms with van der Waals surface area (Å²) in [6, 6.07) is 16.1. The molecule has 0 atom stereocenters. The van der Waals surface area contributed by atoms with E-state index in [1.165, 1.54) is 22.1 Å². The lowest BCUT2D eigenvalue weighted by Gasteiger charge is -2.02. The normalized spacial score (nSPS) is 10.8. The van der Waals surface area contributed by atoms with Crippen LogP contribution in [0.25, 0.3) is 21.2 Å². The molecule has 0 aliphatic heterocycles. The molecule has 19 heavy (non-hydrogen) atoms. The van der Waals surface area contributed by atoms with Crippen LogP contribution in [0.15, 0.2) is 48.5 Å². The fraction of sp³-hybridized carbons (Fsp3) is 0.0625. The number of carboxylic acids is 1. The van der Waals surface area contributed by atoms with Crippen LogP contribution in [0.2, 0.25) is 0 Å². The van der Waals surface area contributed by atoms with Gasteiger partial charge in [-0.1, -0.05) is 36.4 Å². The van der Waals surface area contributed by atoms with Gasteiger partial charge < -0.3 is 5.11 Å². The van der Waals surface area contributed by atoms with E-state index >= 15 is 0 Å². The number of benzene rings is 2. The van der Waals surface area contributed by atoms with Crippen LogP contribution in [0.4, 0.5) is 0 Å². The van der Waals surface area contributed by atoms with Crippen molar-refractivity contribution in [1.29, 1.82) is 0 Å². The number of carbonyl (C=O) groups is 1. The molecule has 2 aromatic carbocycles. The minimum Gasteiger partial charge on any atom is -0.477 e. The number of fused-ring (bicyclic) bond motifs is 1. The number of aryl methyl sites for hydroxylation is 1. The molecular formula is C16H12O2S. The zero-order chi connectivity index (χ0) is 13.4. The van der Waals surface area contributed by atoms with Gasteiger partial charge in [0.1, 0.15) is 4.88 Å². The Morgan fingerprint density at radius 3 is 2.47 bits per heavy atom. The van der Waals surface area contributed by atoms with E-state index in [4.69, 9.17) is 5.11 Å². The predicted molar refractivity (Wildman–Crippen MR) is 79.0 cm³/mol. The van der Waals surface area contributed by atoms with Crippen molar-refractivity contribution in [3.05, 3.63) is 59.0 Å². The maximum atomic E-state index is 11.0. The fourth-order valence-corrected chi connectivity index (χ4v) is 3.21. The molecule has 0 saturated heterocycles. The average Bonchev–Trinajstić information content (AvgIpc) is 2.80. The van der Waals surface area contributed by atoms with Crippen molar-refractivity contribution in [2.75, 3.05) is 0 Å². The molecule has 1 N–H and O–H groups in total. The summed E-state index contributed by atoms with van der Waals surface area (Å²) in [7, 11) is 0. The highest BCUT2D eigenvalue weighted by Gasteiger charge is 2.12. The molecule has 0 saturated carbocycles. The molecule has 3 heteroatoms. The quantitative estimate of drug-likeness (QED) is 0.739. The molecular weight excluding hydrogens is 256 g/mol. The second kappa shape index (κ2) is 4.52. The lowest BCUT2D eigenvalue weighted by Crippen LogP contribution is -1.89. The monoisotopic (exact) mass is 268 g/mol.